The van der Waals surface area contributed by atoms with Crippen molar-refractivity contribution in [2.24, 2.45) is 0 Å². The van der Waals surface area contributed by atoms with Crippen LogP contribution in [0.5, 0.6) is 5.75 Å². The van der Waals surface area contributed by atoms with Gasteiger partial charge in [-0.1, -0.05) is 6.92 Å². The van der Waals surface area contributed by atoms with Crippen LogP contribution in [-0.2, 0) is 14.6 Å². The number of anilines is 1. The summed E-state index contributed by atoms with van der Waals surface area (Å²) in [5, 5.41) is 0. The van der Waals surface area contributed by atoms with Crippen molar-refractivity contribution in [3.63, 3.8) is 0 Å². The van der Waals surface area contributed by atoms with Crippen LogP contribution in [0.4, 0.5) is 5.69 Å². The summed E-state index contributed by atoms with van der Waals surface area (Å²) in [4.78, 5) is 13.4. The minimum absolute atomic E-state index is 0.0276. The molecule has 1 amide bonds. The molecule has 0 unspecified atom stereocenters. The van der Waals surface area contributed by atoms with E-state index in [-0.39, 0.29) is 30.6 Å². The summed E-state index contributed by atoms with van der Waals surface area (Å²) < 4.78 is 29.4. The number of amides is 1. The molecule has 0 radical (unpaired) electrons. The third-order valence-corrected chi connectivity index (χ3v) is 5.28. The van der Waals surface area contributed by atoms with Crippen LogP contribution in [0.15, 0.2) is 18.2 Å². The number of sulfone groups is 1. The van der Waals surface area contributed by atoms with Crippen LogP contribution in [-0.4, -0.2) is 39.0 Å². The van der Waals surface area contributed by atoms with Crippen LogP contribution in [0.2, 0.25) is 0 Å². The second kappa shape index (κ2) is 5.66. The summed E-state index contributed by atoms with van der Waals surface area (Å²) in [7, 11) is -3.09. The Morgan fingerprint density at radius 1 is 1.42 bits per heavy atom. The van der Waals surface area contributed by atoms with Gasteiger partial charge in [-0.15, -0.1) is 0 Å². The van der Waals surface area contributed by atoms with Crippen molar-refractivity contribution < 1.29 is 17.9 Å². The number of hydrogen-bond acceptors (Lipinski definition) is 4. The zero-order chi connectivity index (χ0) is 14.0. The van der Waals surface area contributed by atoms with E-state index in [0.717, 1.165) is 3.57 Å². The maximum atomic E-state index is 11.9. The summed E-state index contributed by atoms with van der Waals surface area (Å²) in [5.41, 5.74) is 0.648. The Morgan fingerprint density at radius 3 is 2.84 bits per heavy atom. The van der Waals surface area contributed by atoms with Crippen molar-refractivity contribution >= 4 is 44.0 Å². The average Bonchev–Trinajstić information content (AvgIpc) is 2.37. The van der Waals surface area contributed by atoms with Crippen LogP contribution in [0.1, 0.15) is 6.92 Å². The van der Waals surface area contributed by atoms with Crippen molar-refractivity contribution in [3.8, 4) is 5.75 Å². The van der Waals surface area contributed by atoms with Gasteiger partial charge in [-0.3, -0.25) is 4.79 Å². The number of carbonyl (C=O) groups excluding carboxylic acids is 1. The molecular formula is C12H14INO4S. The highest BCUT2D eigenvalue weighted by atomic mass is 127. The zero-order valence-electron chi connectivity index (χ0n) is 10.4. The van der Waals surface area contributed by atoms with Crippen LogP contribution in [0.3, 0.4) is 0 Å². The summed E-state index contributed by atoms with van der Waals surface area (Å²) in [5.74, 6) is 0.472. The molecule has 0 N–H and O–H groups in total. The Labute approximate surface area is 126 Å². The molecule has 0 fully saturated rings. The first-order valence-electron chi connectivity index (χ1n) is 5.86. The predicted octanol–water partition coefficient (Wildman–Crippen LogP) is 1.45. The zero-order valence-corrected chi connectivity index (χ0v) is 13.4. The molecule has 0 saturated heterocycles. The molecule has 0 spiro atoms. The Hall–Kier alpha value is -0.830. The molecule has 1 heterocycles. The molecule has 1 aliphatic heterocycles. The first-order chi connectivity index (χ1) is 8.93. The minimum atomic E-state index is -3.09. The maximum absolute atomic E-state index is 11.9. The summed E-state index contributed by atoms with van der Waals surface area (Å²) in [6, 6.07) is 5.51. The van der Waals surface area contributed by atoms with E-state index in [0.29, 0.717) is 11.4 Å². The molecule has 1 aliphatic rings. The molecule has 0 atom stereocenters. The molecule has 1 aromatic rings. The number of halogens is 1. The number of carbonyl (C=O) groups is 1. The smallest absolute Gasteiger partial charge is 0.265 e. The predicted molar refractivity (Wildman–Crippen MR) is 81.3 cm³/mol. The van der Waals surface area contributed by atoms with Gasteiger partial charge in [0.05, 0.1) is 11.4 Å². The van der Waals surface area contributed by atoms with Gasteiger partial charge in [0, 0.05) is 15.9 Å². The Bertz CT molecular complexity index is 600. The lowest BCUT2D eigenvalue weighted by Gasteiger charge is -2.29. The lowest BCUT2D eigenvalue weighted by molar-refractivity contribution is -0.121. The molecule has 1 aromatic carbocycles. The molecule has 19 heavy (non-hydrogen) atoms. The molecule has 2 rings (SSSR count). The second-order valence-electron chi connectivity index (χ2n) is 4.18. The normalized spacial score (nSPS) is 15.1. The fraction of sp³-hybridized carbons (Fsp3) is 0.417. The fourth-order valence-electron chi connectivity index (χ4n) is 1.80. The van der Waals surface area contributed by atoms with E-state index in [1.807, 2.05) is 12.1 Å². The van der Waals surface area contributed by atoms with E-state index in [1.165, 1.54) is 4.90 Å². The van der Waals surface area contributed by atoms with Gasteiger partial charge in [-0.25, -0.2) is 8.42 Å². The van der Waals surface area contributed by atoms with Gasteiger partial charge in [-0.2, -0.15) is 0 Å². The van der Waals surface area contributed by atoms with Crippen molar-refractivity contribution in [2.75, 3.05) is 29.6 Å². The lowest BCUT2D eigenvalue weighted by atomic mass is 10.2. The van der Waals surface area contributed by atoms with Gasteiger partial charge in [0.1, 0.15) is 5.75 Å². The molecule has 5 nitrogen and oxygen atoms in total. The highest BCUT2D eigenvalue weighted by Gasteiger charge is 2.26. The molecule has 0 aromatic heterocycles. The first kappa shape index (κ1) is 14.6. The largest absolute Gasteiger partial charge is 0.482 e. The van der Waals surface area contributed by atoms with Crippen LogP contribution < -0.4 is 9.64 Å². The highest BCUT2D eigenvalue weighted by molar-refractivity contribution is 14.1. The van der Waals surface area contributed by atoms with Gasteiger partial charge in [0.25, 0.3) is 5.91 Å². The average molecular weight is 395 g/mol. The van der Waals surface area contributed by atoms with Crippen LogP contribution >= 0.6 is 22.6 Å². The van der Waals surface area contributed by atoms with Crippen molar-refractivity contribution in [1.82, 2.24) is 0 Å². The summed E-state index contributed by atoms with van der Waals surface area (Å²) in [6.07, 6.45) is 0. The molecule has 0 saturated carbocycles. The Balaban J connectivity index is 2.25. The van der Waals surface area contributed by atoms with E-state index in [9.17, 15) is 13.2 Å². The lowest BCUT2D eigenvalue weighted by Crippen LogP contribution is -2.41. The SMILES string of the molecule is CCS(=O)(=O)CCN1C(=O)COc2ccc(I)cc21. The van der Waals surface area contributed by atoms with Crippen molar-refractivity contribution in [3.05, 3.63) is 21.8 Å². The quantitative estimate of drug-likeness (QED) is 0.725. The van der Waals surface area contributed by atoms with Crippen molar-refractivity contribution in [2.45, 2.75) is 6.92 Å². The second-order valence-corrected chi connectivity index (χ2v) is 7.90. The van der Waals surface area contributed by atoms with Crippen LogP contribution in [0.25, 0.3) is 0 Å². The fourth-order valence-corrected chi connectivity index (χ4v) is 3.02. The standard InChI is InChI=1S/C12H14INO4S/c1-2-19(16,17)6-5-14-10-7-9(13)3-4-11(10)18-8-12(14)15/h3-4,7H,2,5-6,8H2,1H3. The first-order valence-corrected chi connectivity index (χ1v) is 8.76. The number of ether oxygens (including phenoxy) is 1. The van der Waals surface area contributed by atoms with E-state index in [1.54, 1.807) is 13.0 Å². The summed E-state index contributed by atoms with van der Waals surface area (Å²) in [6.45, 7) is 1.73. The topological polar surface area (TPSA) is 63.7 Å². The number of nitrogens with zero attached hydrogens (tertiary/aromatic N) is 1. The highest BCUT2D eigenvalue weighted by Crippen LogP contribution is 2.33. The third kappa shape index (κ3) is 3.38. The van der Waals surface area contributed by atoms with Gasteiger partial charge in [0.2, 0.25) is 0 Å². The number of hydrogen-bond donors (Lipinski definition) is 0. The molecule has 0 bridgehead atoms. The third-order valence-electron chi connectivity index (χ3n) is 2.93. The molecule has 7 heteroatoms. The Morgan fingerprint density at radius 2 is 2.16 bits per heavy atom. The van der Waals surface area contributed by atoms with E-state index < -0.39 is 9.84 Å². The van der Waals surface area contributed by atoms with E-state index >= 15 is 0 Å². The van der Waals surface area contributed by atoms with Crippen LogP contribution in [0, 0.1) is 3.57 Å². The number of benzene rings is 1. The van der Waals surface area contributed by atoms with E-state index in [2.05, 4.69) is 22.6 Å². The summed E-state index contributed by atoms with van der Waals surface area (Å²) >= 11 is 2.14. The number of rotatable bonds is 4. The monoisotopic (exact) mass is 395 g/mol. The van der Waals surface area contributed by atoms with Gasteiger partial charge in [0.15, 0.2) is 16.4 Å². The molecule has 0 aliphatic carbocycles. The van der Waals surface area contributed by atoms with Gasteiger partial charge in [-0.05, 0) is 40.8 Å². The van der Waals surface area contributed by atoms with Crippen molar-refractivity contribution in [1.29, 1.82) is 0 Å². The number of fused-ring (bicyclic) bond motifs is 1. The minimum Gasteiger partial charge on any atom is -0.482 e. The Kier molecular flexibility index (Phi) is 4.34. The maximum Gasteiger partial charge on any atom is 0.265 e. The van der Waals surface area contributed by atoms with Gasteiger partial charge >= 0.3 is 0 Å². The van der Waals surface area contributed by atoms with E-state index in [4.69, 9.17) is 4.74 Å². The molecular weight excluding hydrogens is 381 g/mol. The molecule has 104 valence electrons. The van der Waals surface area contributed by atoms with Gasteiger partial charge < -0.3 is 9.64 Å².